The third kappa shape index (κ3) is 7.11. The molecule has 2 aromatic carbocycles. The number of hydrogen-bond acceptors (Lipinski definition) is 10. The molecule has 10 rings (SSSR count). The SMILES string of the molecule is Cc1cc(C)c(-c2cc3cc(Nc4cc5n(n4)CC(=O)N(C4CCN(CC6CN(c7cccc8c7n(C)c(=O)n8C7CCC(=O)NC7=O)C6)CC4)CC5)ncc3cc2F)cn1. The maximum Gasteiger partial charge on any atom is 0.329 e. The standard InChI is InChI=1S/C45H48FN11O4/c1-26-15-27(2)47-21-34(26)33-16-29-18-39(48-20-30(29)17-35(33)46)49-40-19-32-11-14-55(42(59)25-56(32)51-40)31-9-12-53(13-10-31)22-28-23-54(24-28)36-5-4-6-37-43(36)52(3)45(61)57(37)38-7-8-41(58)50-44(38)60/h4-6,15-21,28,31,38H,7-14,22-25H2,1-3H3,(H,48,49,51)(H,50,58,60). The maximum absolute atomic E-state index is 15.2. The third-order valence-corrected chi connectivity index (χ3v) is 13.1. The number of para-hydroxylation sites is 1. The van der Waals surface area contributed by atoms with Crippen molar-refractivity contribution in [3.05, 3.63) is 94.2 Å². The number of pyridine rings is 2. The molecule has 16 heteroatoms. The fraction of sp³-hybridized carbons (Fsp3) is 0.400. The summed E-state index contributed by atoms with van der Waals surface area (Å²) in [6, 6.07) is 14.5. The van der Waals surface area contributed by atoms with E-state index in [4.69, 9.17) is 5.10 Å². The number of rotatable bonds is 8. The lowest BCUT2D eigenvalue weighted by Gasteiger charge is -2.45. The Balaban J connectivity index is 0.734. The third-order valence-electron chi connectivity index (χ3n) is 13.1. The Morgan fingerprint density at radius 3 is 2.48 bits per heavy atom. The van der Waals surface area contributed by atoms with E-state index in [1.165, 1.54) is 10.6 Å². The van der Waals surface area contributed by atoms with Crippen LogP contribution in [0.15, 0.2) is 65.7 Å². The zero-order valence-electron chi connectivity index (χ0n) is 34.5. The summed E-state index contributed by atoms with van der Waals surface area (Å²) >= 11 is 0. The molecule has 15 nitrogen and oxygen atoms in total. The highest BCUT2D eigenvalue weighted by Crippen LogP contribution is 2.35. The molecule has 3 fully saturated rings. The molecular weight excluding hydrogens is 778 g/mol. The monoisotopic (exact) mass is 825 g/mol. The highest BCUT2D eigenvalue weighted by molar-refractivity contribution is 6.00. The Bertz CT molecular complexity index is 2810. The number of imide groups is 1. The molecule has 61 heavy (non-hydrogen) atoms. The van der Waals surface area contributed by atoms with E-state index in [0.717, 1.165) is 84.7 Å². The summed E-state index contributed by atoms with van der Waals surface area (Å²) < 4.78 is 20.1. The number of carbonyl (C=O) groups excluding carboxylic acids is 3. The van der Waals surface area contributed by atoms with Crippen LogP contribution in [0.25, 0.3) is 32.9 Å². The predicted octanol–water partition coefficient (Wildman–Crippen LogP) is 4.61. The maximum atomic E-state index is 15.2. The molecule has 4 aromatic heterocycles. The van der Waals surface area contributed by atoms with Crippen molar-refractivity contribution < 1.29 is 18.8 Å². The van der Waals surface area contributed by atoms with Gasteiger partial charge in [-0.3, -0.25) is 38.5 Å². The number of imidazole rings is 1. The van der Waals surface area contributed by atoms with E-state index in [2.05, 4.69) is 35.3 Å². The van der Waals surface area contributed by atoms with Crippen LogP contribution in [0.5, 0.6) is 0 Å². The summed E-state index contributed by atoms with van der Waals surface area (Å²) in [5.41, 5.74) is 6.29. The zero-order valence-corrected chi connectivity index (χ0v) is 34.5. The van der Waals surface area contributed by atoms with E-state index >= 15 is 4.39 Å². The van der Waals surface area contributed by atoms with E-state index in [1.807, 2.05) is 56.3 Å². The quantitative estimate of drug-likeness (QED) is 0.208. The van der Waals surface area contributed by atoms with Crippen molar-refractivity contribution in [2.45, 2.75) is 64.6 Å². The van der Waals surface area contributed by atoms with Crippen molar-refractivity contribution in [1.29, 1.82) is 0 Å². The van der Waals surface area contributed by atoms with Crippen molar-refractivity contribution >= 4 is 56.9 Å². The van der Waals surface area contributed by atoms with Crippen molar-refractivity contribution in [3.8, 4) is 11.1 Å². The molecule has 0 radical (unpaired) electrons. The number of piperidine rings is 2. The molecule has 0 spiro atoms. The van der Waals surface area contributed by atoms with E-state index in [-0.39, 0.29) is 42.3 Å². The Morgan fingerprint density at radius 1 is 0.869 bits per heavy atom. The van der Waals surface area contributed by atoms with Crippen LogP contribution in [-0.4, -0.2) is 102 Å². The van der Waals surface area contributed by atoms with Gasteiger partial charge in [0.1, 0.15) is 24.2 Å². The van der Waals surface area contributed by atoms with E-state index in [1.54, 1.807) is 28.7 Å². The molecule has 3 amide bonds. The summed E-state index contributed by atoms with van der Waals surface area (Å²) in [6.07, 6.45) is 6.42. The Hall–Kier alpha value is -6.42. The number of hydrogen-bond donors (Lipinski definition) is 2. The van der Waals surface area contributed by atoms with Gasteiger partial charge in [-0.2, -0.15) is 5.10 Å². The summed E-state index contributed by atoms with van der Waals surface area (Å²) in [5.74, 6) is 0.687. The number of fused-ring (bicyclic) bond motifs is 3. The van der Waals surface area contributed by atoms with E-state index in [0.29, 0.717) is 53.4 Å². The van der Waals surface area contributed by atoms with Gasteiger partial charge in [0.15, 0.2) is 5.82 Å². The first-order chi connectivity index (χ1) is 29.5. The summed E-state index contributed by atoms with van der Waals surface area (Å²) in [7, 11) is 1.74. The minimum Gasteiger partial charge on any atom is -0.369 e. The van der Waals surface area contributed by atoms with E-state index in [9.17, 15) is 19.2 Å². The lowest BCUT2D eigenvalue weighted by Crippen LogP contribution is -2.54. The van der Waals surface area contributed by atoms with Crippen LogP contribution in [0.1, 0.15) is 48.7 Å². The van der Waals surface area contributed by atoms with Gasteiger partial charge < -0.3 is 20.0 Å². The number of anilines is 3. The van der Waals surface area contributed by atoms with Crippen LogP contribution in [0, 0.1) is 25.6 Å². The second-order valence-corrected chi connectivity index (χ2v) is 17.2. The van der Waals surface area contributed by atoms with Gasteiger partial charge in [0, 0.05) is 117 Å². The van der Waals surface area contributed by atoms with Crippen LogP contribution >= 0.6 is 0 Å². The summed E-state index contributed by atoms with van der Waals surface area (Å²) in [6.45, 7) is 9.27. The molecule has 2 N–H and O–H groups in total. The minimum atomic E-state index is -0.711. The smallest absolute Gasteiger partial charge is 0.329 e. The molecule has 4 aliphatic rings. The average molecular weight is 826 g/mol. The molecule has 4 aliphatic heterocycles. The molecule has 0 saturated carbocycles. The second kappa shape index (κ2) is 15.2. The van der Waals surface area contributed by atoms with Crippen LogP contribution in [0.4, 0.5) is 21.7 Å². The number of aryl methyl sites for hydroxylation is 3. The second-order valence-electron chi connectivity index (χ2n) is 17.2. The highest BCUT2D eigenvalue weighted by atomic mass is 19.1. The minimum absolute atomic E-state index is 0.0794. The van der Waals surface area contributed by atoms with Gasteiger partial charge in [-0.1, -0.05) is 6.07 Å². The van der Waals surface area contributed by atoms with Gasteiger partial charge in [-0.25, -0.2) is 14.2 Å². The number of amides is 3. The number of carbonyl (C=O) groups is 3. The molecule has 8 heterocycles. The first-order valence-electron chi connectivity index (χ1n) is 21.1. The number of halogens is 1. The fourth-order valence-corrected chi connectivity index (χ4v) is 9.93. The van der Waals surface area contributed by atoms with Crippen LogP contribution in [-0.2, 0) is 34.4 Å². The number of benzene rings is 2. The van der Waals surface area contributed by atoms with Gasteiger partial charge in [0.05, 0.1) is 16.7 Å². The number of likely N-dealkylation sites (tertiary alicyclic amines) is 1. The molecule has 0 aliphatic carbocycles. The predicted molar refractivity (Wildman–Crippen MR) is 229 cm³/mol. The van der Waals surface area contributed by atoms with Gasteiger partial charge in [-0.05, 0) is 80.5 Å². The van der Waals surface area contributed by atoms with Crippen molar-refractivity contribution in [2.75, 3.05) is 49.5 Å². The lowest BCUT2D eigenvalue weighted by atomic mass is 9.95. The molecule has 0 bridgehead atoms. The first kappa shape index (κ1) is 38.8. The number of aromatic nitrogens is 6. The van der Waals surface area contributed by atoms with Crippen LogP contribution in [0.2, 0.25) is 0 Å². The van der Waals surface area contributed by atoms with Crippen molar-refractivity contribution in [3.63, 3.8) is 0 Å². The average Bonchev–Trinajstić information content (AvgIpc) is 3.66. The Morgan fingerprint density at radius 2 is 1.69 bits per heavy atom. The van der Waals surface area contributed by atoms with Gasteiger partial charge >= 0.3 is 5.69 Å². The van der Waals surface area contributed by atoms with Gasteiger partial charge in [0.25, 0.3) is 0 Å². The highest BCUT2D eigenvalue weighted by Gasteiger charge is 2.36. The van der Waals surface area contributed by atoms with Crippen molar-refractivity contribution in [1.82, 2.24) is 44.0 Å². The van der Waals surface area contributed by atoms with Crippen molar-refractivity contribution in [2.24, 2.45) is 13.0 Å². The summed E-state index contributed by atoms with van der Waals surface area (Å²) in [4.78, 5) is 67.3. The van der Waals surface area contributed by atoms with E-state index < -0.39 is 11.9 Å². The van der Waals surface area contributed by atoms with Crippen LogP contribution < -0.4 is 21.2 Å². The number of nitrogens with zero attached hydrogens (tertiary/aromatic N) is 9. The fourth-order valence-electron chi connectivity index (χ4n) is 9.93. The zero-order chi connectivity index (χ0) is 42.1. The molecular formula is C45H48FN11O4. The van der Waals surface area contributed by atoms with Gasteiger partial charge in [0.2, 0.25) is 17.7 Å². The molecule has 314 valence electrons. The van der Waals surface area contributed by atoms with Gasteiger partial charge in [-0.15, -0.1) is 0 Å². The molecule has 6 aromatic rings. The molecule has 1 unspecified atom stereocenters. The number of nitrogens with one attached hydrogen (secondary N) is 2. The Labute approximate surface area is 351 Å². The largest absolute Gasteiger partial charge is 0.369 e. The Kier molecular flexibility index (Phi) is 9.69. The van der Waals surface area contributed by atoms with Crippen LogP contribution in [0.3, 0.4) is 0 Å². The normalized spacial score (nSPS) is 19.3. The molecule has 1 atom stereocenters. The first-order valence-corrected chi connectivity index (χ1v) is 21.1. The topological polar surface area (TPSA) is 156 Å². The lowest BCUT2D eigenvalue weighted by molar-refractivity contribution is -0.136. The summed E-state index contributed by atoms with van der Waals surface area (Å²) in [5, 5.41) is 12.0. The molecule has 3 saturated heterocycles.